The average Bonchev–Trinajstić information content (AvgIpc) is 3.28. The molecule has 4 unspecified atom stereocenters. The number of rotatable bonds is 30. The molecule has 8 atom stereocenters. The Kier molecular flexibility index (Phi) is 24.9. The minimum Gasteiger partial charge on any atom is -0.480 e. The van der Waals surface area contributed by atoms with E-state index in [1.54, 1.807) is 12.1 Å². The van der Waals surface area contributed by atoms with E-state index in [1.165, 1.54) is 36.0 Å². The Bertz CT molecular complexity index is 1950. The zero-order valence-electron chi connectivity index (χ0n) is 35.4. The number of Topliss-reactive ketones (excluding diaryl/α,β-unsaturated/α-hetero) is 1. The number of alkyl halides is 2. The number of amides is 4. The second kappa shape index (κ2) is 29.4. The SMILES string of the molecule is N[C@H](CCC(=O)N[C@@H](CSC(c1nccc(SCCl)n1)C1CCCC(C(SC[C@H](NC(=O)CC[C@H](N)C(=O)O)C(=O)NCC(=O)O)c2cc(SCCl)ncn2)C1=O)C(=O)NCC(=O)O)C(=O)O. The largest absolute Gasteiger partial charge is 0.480 e. The van der Waals surface area contributed by atoms with Crippen LogP contribution in [0.3, 0.4) is 0 Å². The molecule has 0 aliphatic heterocycles. The van der Waals surface area contributed by atoms with Crippen LogP contribution in [-0.4, -0.2) is 153 Å². The van der Waals surface area contributed by atoms with Crippen LogP contribution in [0.1, 0.15) is 67.0 Å². The van der Waals surface area contributed by atoms with E-state index in [0.717, 1.165) is 23.5 Å². The molecule has 1 aliphatic rings. The highest BCUT2D eigenvalue weighted by molar-refractivity contribution is 8.00. The van der Waals surface area contributed by atoms with Gasteiger partial charge in [0.1, 0.15) is 65.2 Å². The average molecular weight is 1050 g/mol. The normalized spacial score (nSPS) is 17.4. The molecule has 23 nitrogen and oxygen atoms in total. The van der Waals surface area contributed by atoms with Gasteiger partial charge >= 0.3 is 23.9 Å². The number of nitrogens with zero attached hydrogens (tertiary/aromatic N) is 4. The summed E-state index contributed by atoms with van der Waals surface area (Å²) in [4.78, 5) is 131. The molecule has 0 aromatic carbocycles. The lowest BCUT2D eigenvalue weighted by Crippen LogP contribution is -2.50. The van der Waals surface area contributed by atoms with Gasteiger partial charge in [-0.15, -0.1) is 46.7 Å². The number of thioether (sulfide) groups is 4. The van der Waals surface area contributed by atoms with Crippen molar-refractivity contribution < 1.29 is 63.6 Å². The number of carbonyl (C=O) groups is 9. The number of nitrogens with one attached hydrogen (secondary N) is 4. The summed E-state index contributed by atoms with van der Waals surface area (Å²) >= 11 is 16.5. The third kappa shape index (κ3) is 19.6. The highest BCUT2D eigenvalue weighted by Crippen LogP contribution is 2.48. The van der Waals surface area contributed by atoms with Crippen LogP contribution in [0.4, 0.5) is 0 Å². The first-order valence-electron chi connectivity index (χ1n) is 20.2. The molecule has 1 aliphatic carbocycles. The van der Waals surface area contributed by atoms with Gasteiger partial charge in [0, 0.05) is 42.4 Å². The number of carboxylic acids is 4. The first kappa shape index (κ1) is 56.8. The summed E-state index contributed by atoms with van der Waals surface area (Å²) in [5.74, 6) is -11.0. The van der Waals surface area contributed by atoms with Crippen LogP contribution in [0, 0.1) is 11.8 Å². The molecule has 0 radical (unpaired) electrons. The molecular weight excluding hydrogens is 1000 g/mol. The number of hydrogen-bond acceptors (Lipinski definition) is 19. The van der Waals surface area contributed by atoms with Gasteiger partial charge in [-0.1, -0.05) is 29.9 Å². The highest BCUT2D eigenvalue weighted by Gasteiger charge is 2.44. The molecule has 4 amide bonds. The van der Waals surface area contributed by atoms with E-state index in [-0.39, 0.29) is 59.2 Å². The predicted molar refractivity (Wildman–Crippen MR) is 248 cm³/mol. The number of carboxylic acid groups (broad SMARTS) is 4. The van der Waals surface area contributed by atoms with E-state index in [0.29, 0.717) is 35.0 Å². The zero-order valence-corrected chi connectivity index (χ0v) is 40.2. The van der Waals surface area contributed by atoms with Crippen molar-refractivity contribution in [1.82, 2.24) is 41.2 Å². The van der Waals surface area contributed by atoms with Crippen molar-refractivity contribution in [2.45, 2.75) is 89.7 Å². The summed E-state index contributed by atoms with van der Waals surface area (Å²) in [5, 5.41) is 45.8. The molecule has 2 aromatic heterocycles. The summed E-state index contributed by atoms with van der Waals surface area (Å²) in [5.41, 5.74) is 11.5. The monoisotopic (exact) mass is 1050 g/mol. The first-order valence-corrected chi connectivity index (χ1v) is 25.3. The summed E-state index contributed by atoms with van der Waals surface area (Å²) in [6.07, 6.45) is 2.50. The smallest absolute Gasteiger partial charge is 0.322 e. The maximum atomic E-state index is 15.1. The second-order valence-corrected chi connectivity index (χ2v) is 20.0. The van der Waals surface area contributed by atoms with E-state index in [1.807, 2.05) is 0 Å². The Morgan fingerprint density at radius 1 is 0.716 bits per heavy atom. The van der Waals surface area contributed by atoms with Gasteiger partial charge in [0.25, 0.3) is 0 Å². The quantitative estimate of drug-likeness (QED) is 0.0294. The van der Waals surface area contributed by atoms with Gasteiger partial charge in [0.05, 0.1) is 26.6 Å². The molecule has 1 fully saturated rings. The fraction of sp³-hybridized carbons (Fsp3) is 0.553. The van der Waals surface area contributed by atoms with Crippen LogP contribution in [0.15, 0.2) is 34.7 Å². The van der Waals surface area contributed by atoms with E-state index < -0.39 is 107 Å². The number of ketones is 1. The minimum absolute atomic E-state index is 0.119. The van der Waals surface area contributed by atoms with Gasteiger partial charge in [-0.2, -0.15) is 0 Å². The molecule has 29 heteroatoms. The molecule has 0 spiro atoms. The van der Waals surface area contributed by atoms with E-state index >= 15 is 4.79 Å². The maximum absolute atomic E-state index is 15.1. The van der Waals surface area contributed by atoms with Crippen LogP contribution < -0.4 is 32.7 Å². The summed E-state index contributed by atoms with van der Waals surface area (Å²) in [7, 11) is 0. The topological polar surface area (TPSA) is 386 Å². The second-order valence-electron chi connectivity index (χ2n) is 14.5. The van der Waals surface area contributed by atoms with Gasteiger partial charge in [0.15, 0.2) is 0 Å². The summed E-state index contributed by atoms with van der Waals surface area (Å²) in [6.45, 7) is -1.57. The van der Waals surface area contributed by atoms with Gasteiger partial charge < -0.3 is 53.2 Å². The van der Waals surface area contributed by atoms with Crippen molar-refractivity contribution in [3.63, 3.8) is 0 Å². The molecule has 12 N–H and O–H groups in total. The standard InChI is InChI=1S/C38H50Cl2N10O13S4/c39-15-66-27-8-9-43-34(50-27)33(65-14-24(36(59)45-12-30(55)56)49-26(52)7-5-21(42)38(62)63)19-3-1-2-18(31(19)57)32(22-10-28(67-16-40)47-17-46-22)64-13-23(35(58)44-11-29(53)54)48-25(51)6-4-20(41)37(60)61/h8-10,17-21,23-24,32-33H,1-7,11-16,41-42H2,(H,44,58)(H,45,59)(H,48,51)(H,49,52)(H,53,54)(H,55,56)(H,60,61)(H,62,63)/t18?,19?,20-,21+,23-,24-,32?,33?/m0/s1. The van der Waals surface area contributed by atoms with E-state index in [4.69, 9.17) is 34.7 Å². The molecular formula is C38H50Cl2N10O13S4. The number of hydrogen-bond donors (Lipinski definition) is 10. The highest BCUT2D eigenvalue weighted by atomic mass is 35.5. The van der Waals surface area contributed by atoms with Crippen molar-refractivity contribution in [3.05, 3.63) is 36.2 Å². The number of halogens is 2. The van der Waals surface area contributed by atoms with Crippen LogP contribution >= 0.6 is 70.2 Å². The van der Waals surface area contributed by atoms with Crippen LogP contribution in [0.5, 0.6) is 0 Å². The Balaban J connectivity index is 2.06. The number of carbonyl (C=O) groups excluding carboxylic acids is 5. The maximum Gasteiger partial charge on any atom is 0.322 e. The number of nitrogens with two attached hydrogens (primary N) is 2. The predicted octanol–water partition coefficient (Wildman–Crippen LogP) is 0.833. The summed E-state index contributed by atoms with van der Waals surface area (Å²) < 4.78 is 0. The Hall–Kier alpha value is -4.51. The van der Waals surface area contributed by atoms with Crippen molar-refractivity contribution in [1.29, 1.82) is 0 Å². The Morgan fingerprint density at radius 2 is 1.21 bits per heavy atom. The van der Waals surface area contributed by atoms with Crippen molar-refractivity contribution in [3.8, 4) is 0 Å². The van der Waals surface area contributed by atoms with Gasteiger partial charge in [0.2, 0.25) is 23.6 Å². The minimum atomic E-state index is -1.39. The molecule has 3 rings (SSSR count). The molecule has 67 heavy (non-hydrogen) atoms. The van der Waals surface area contributed by atoms with Gasteiger partial charge in [-0.05, 0) is 37.8 Å². The van der Waals surface area contributed by atoms with E-state index in [9.17, 15) is 58.8 Å². The number of aromatic nitrogens is 4. The molecule has 0 saturated heterocycles. The molecule has 2 heterocycles. The molecule has 368 valence electrons. The third-order valence-corrected chi connectivity index (χ3v) is 14.6. The molecule has 1 saturated carbocycles. The van der Waals surface area contributed by atoms with E-state index in [2.05, 4.69) is 41.2 Å². The molecule has 2 aromatic rings. The zero-order chi connectivity index (χ0) is 49.6. The van der Waals surface area contributed by atoms with Crippen LogP contribution in [0.2, 0.25) is 0 Å². The van der Waals surface area contributed by atoms with Crippen molar-refractivity contribution in [2.24, 2.45) is 23.3 Å². The van der Waals surface area contributed by atoms with Gasteiger partial charge in [-0.3, -0.25) is 43.2 Å². The third-order valence-electron chi connectivity index (χ3n) is 9.77. The lowest BCUT2D eigenvalue weighted by molar-refractivity contribution is -0.140. The van der Waals surface area contributed by atoms with Crippen LogP contribution in [0.25, 0.3) is 0 Å². The first-order chi connectivity index (χ1) is 31.8. The Labute approximate surface area is 410 Å². The van der Waals surface area contributed by atoms with Crippen molar-refractivity contribution >= 4 is 124 Å². The van der Waals surface area contributed by atoms with Crippen molar-refractivity contribution in [2.75, 3.05) is 35.0 Å². The van der Waals surface area contributed by atoms with Gasteiger partial charge in [-0.25, -0.2) is 19.9 Å². The van der Waals surface area contributed by atoms with Crippen LogP contribution in [-0.2, 0) is 43.2 Å². The fourth-order valence-electron chi connectivity index (χ4n) is 6.46. The fourth-order valence-corrected chi connectivity index (χ4v) is 10.8. The Morgan fingerprint density at radius 3 is 1.70 bits per heavy atom. The lowest BCUT2D eigenvalue weighted by atomic mass is 9.76. The number of aliphatic carboxylic acids is 4. The lowest BCUT2D eigenvalue weighted by Gasteiger charge is -2.36. The summed E-state index contributed by atoms with van der Waals surface area (Å²) in [6, 6.07) is -2.28. The molecule has 0 bridgehead atoms.